The fourth-order valence-electron chi connectivity index (χ4n) is 4.98. The zero-order valence-corrected chi connectivity index (χ0v) is 22.3. The van der Waals surface area contributed by atoms with Crippen LogP contribution in [0.5, 0.6) is 0 Å². The average Bonchev–Trinajstić information content (AvgIpc) is 3.25. The van der Waals surface area contributed by atoms with E-state index in [4.69, 9.17) is 21.4 Å². The topological polar surface area (TPSA) is 67.7 Å². The Balaban J connectivity index is 1.64. The van der Waals surface area contributed by atoms with Crippen LogP contribution in [0.1, 0.15) is 80.9 Å². The normalized spacial score (nSPS) is 18.1. The number of piperidine rings is 2. The number of likely N-dealkylation sites (tertiary alicyclic amines) is 2. The molecule has 0 radical (unpaired) electrons. The molecule has 190 valence electrons. The zero-order valence-electron chi connectivity index (χ0n) is 21.5. The summed E-state index contributed by atoms with van der Waals surface area (Å²) in [6.07, 6.45) is 4.96. The van der Waals surface area contributed by atoms with E-state index in [1.54, 1.807) is 11.1 Å². The van der Waals surface area contributed by atoms with E-state index in [2.05, 4.69) is 6.92 Å². The lowest BCUT2D eigenvalue weighted by atomic mass is 9.90. The Labute approximate surface area is 213 Å². The lowest BCUT2D eigenvalue weighted by Gasteiger charge is -2.34. The summed E-state index contributed by atoms with van der Waals surface area (Å²) in [5, 5.41) is 5.37. The molecule has 7 nitrogen and oxygen atoms in total. The molecular formula is C27H37ClN4O3. The fourth-order valence-corrected chi connectivity index (χ4v) is 5.15. The number of hydrogen-bond acceptors (Lipinski definition) is 4. The molecule has 0 bridgehead atoms. The fraction of sp³-hybridized carbons (Fsp3) is 0.593. The van der Waals surface area contributed by atoms with Gasteiger partial charge in [-0.05, 0) is 77.0 Å². The van der Waals surface area contributed by atoms with Gasteiger partial charge in [-0.25, -0.2) is 9.48 Å². The minimum Gasteiger partial charge on any atom is -0.444 e. The van der Waals surface area contributed by atoms with Gasteiger partial charge in [-0.2, -0.15) is 5.10 Å². The number of nitrogens with zero attached hydrogens (tertiary/aromatic N) is 4. The van der Waals surface area contributed by atoms with Crippen molar-refractivity contribution in [2.24, 2.45) is 5.92 Å². The second-order valence-electron chi connectivity index (χ2n) is 11.0. The first kappa shape index (κ1) is 25.5. The molecule has 3 heterocycles. The van der Waals surface area contributed by atoms with E-state index in [9.17, 15) is 9.59 Å². The van der Waals surface area contributed by atoms with Gasteiger partial charge in [0.2, 0.25) is 0 Å². The molecule has 1 aromatic carbocycles. The SMILES string of the molecule is Cc1c(Cl)cccc1-n1ncc(C(=O)N2CCC(C)CC2)c1C1CCN(C(=O)OC(C)(C)C)CC1. The van der Waals surface area contributed by atoms with Gasteiger partial charge < -0.3 is 14.5 Å². The van der Waals surface area contributed by atoms with Crippen LogP contribution in [-0.4, -0.2) is 63.4 Å². The summed E-state index contributed by atoms with van der Waals surface area (Å²) in [5.41, 5.74) is 2.86. The van der Waals surface area contributed by atoms with Crippen LogP contribution in [0.4, 0.5) is 4.79 Å². The summed E-state index contributed by atoms with van der Waals surface area (Å²) in [5.74, 6) is 0.789. The highest BCUT2D eigenvalue weighted by Gasteiger charge is 2.34. The molecule has 0 unspecified atom stereocenters. The second kappa shape index (κ2) is 10.2. The number of amides is 2. The Hall–Kier alpha value is -2.54. The molecule has 2 aliphatic heterocycles. The van der Waals surface area contributed by atoms with Gasteiger partial charge in [0.05, 0.1) is 23.1 Å². The third-order valence-corrected chi connectivity index (χ3v) is 7.52. The van der Waals surface area contributed by atoms with Gasteiger partial charge in [0, 0.05) is 37.1 Å². The van der Waals surface area contributed by atoms with Gasteiger partial charge in [-0.15, -0.1) is 0 Å². The minimum atomic E-state index is -0.526. The lowest BCUT2D eigenvalue weighted by Crippen LogP contribution is -2.42. The summed E-state index contributed by atoms with van der Waals surface area (Å²) in [4.78, 5) is 30.0. The van der Waals surface area contributed by atoms with Gasteiger partial charge in [0.15, 0.2) is 0 Å². The van der Waals surface area contributed by atoms with Crippen molar-refractivity contribution in [1.82, 2.24) is 19.6 Å². The quantitative estimate of drug-likeness (QED) is 0.532. The predicted molar refractivity (Wildman–Crippen MR) is 137 cm³/mol. The van der Waals surface area contributed by atoms with E-state index in [0.717, 1.165) is 55.7 Å². The van der Waals surface area contributed by atoms with Crippen LogP contribution in [0.3, 0.4) is 0 Å². The van der Waals surface area contributed by atoms with Gasteiger partial charge in [-0.1, -0.05) is 24.6 Å². The highest BCUT2D eigenvalue weighted by molar-refractivity contribution is 6.31. The van der Waals surface area contributed by atoms with Crippen molar-refractivity contribution in [2.45, 2.75) is 71.8 Å². The first-order valence-electron chi connectivity index (χ1n) is 12.7. The molecule has 0 N–H and O–H groups in total. The standard InChI is InChI=1S/C27H37ClN4O3/c1-18-9-13-30(14-10-18)25(33)21-17-29-32(23-8-6-7-22(28)19(23)2)24(21)20-11-15-31(16-12-20)26(34)35-27(3,4)5/h6-8,17-18,20H,9-16H2,1-5H3. The van der Waals surface area contributed by atoms with Crippen molar-refractivity contribution in [2.75, 3.05) is 26.2 Å². The largest absolute Gasteiger partial charge is 0.444 e. The van der Waals surface area contributed by atoms with Crippen molar-refractivity contribution < 1.29 is 14.3 Å². The summed E-state index contributed by atoms with van der Waals surface area (Å²) in [7, 11) is 0. The molecule has 0 spiro atoms. The Morgan fingerprint density at radius 3 is 2.29 bits per heavy atom. The van der Waals surface area contributed by atoms with Crippen LogP contribution in [0.25, 0.3) is 5.69 Å². The van der Waals surface area contributed by atoms with Crippen LogP contribution in [-0.2, 0) is 4.74 Å². The summed E-state index contributed by atoms with van der Waals surface area (Å²) >= 11 is 6.44. The number of hydrogen-bond donors (Lipinski definition) is 0. The van der Waals surface area contributed by atoms with E-state index in [-0.39, 0.29) is 17.9 Å². The first-order chi connectivity index (χ1) is 16.5. The van der Waals surface area contributed by atoms with Crippen molar-refractivity contribution in [1.29, 1.82) is 0 Å². The van der Waals surface area contributed by atoms with E-state index in [0.29, 0.717) is 29.6 Å². The number of benzene rings is 1. The second-order valence-corrected chi connectivity index (χ2v) is 11.4. The first-order valence-corrected chi connectivity index (χ1v) is 13.0. The van der Waals surface area contributed by atoms with Crippen molar-refractivity contribution >= 4 is 23.6 Å². The van der Waals surface area contributed by atoms with Gasteiger partial charge >= 0.3 is 6.09 Å². The third kappa shape index (κ3) is 5.66. The summed E-state index contributed by atoms with van der Waals surface area (Å²) in [6.45, 7) is 12.6. The molecule has 2 saturated heterocycles. The van der Waals surface area contributed by atoms with Crippen molar-refractivity contribution in [3.8, 4) is 5.69 Å². The molecule has 0 atom stereocenters. The number of halogens is 1. The Morgan fingerprint density at radius 1 is 1.03 bits per heavy atom. The van der Waals surface area contributed by atoms with Crippen LogP contribution in [0.2, 0.25) is 5.02 Å². The molecule has 0 aliphatic carbocycles. The smallest absolute Gasteiger partial charge is 0.410 e. The Bertz CT molecular complexity index is 1070. The van der Waals surface area contributed by atoms with Crippen LogP contribution < -0.4 is 0 Å². The predicted octanol–water partition coefficient (Wildman–Crippen LogP) is 5.82. The molecule has 2 fully saturated rings. The van der Waals surface area contributed by atoms with Gasteiger partial charge in [0.25, 0.3) is 5.91 Å². The molecule has 2 amide bonds. The molecule has 8 heteroatoms. The van der Waals surface area contributed by atoms with Crippen LogP contribution in [0, 0.1) is 12.8 Å². The maximum Gasteiger partial charge on any atom is 0.410 e. The van der Waals surface area contributed by atoms with E-state index < -0.39 is 5.60 Å². The van der Waals surface area contributed by atoms with Crippen molar-refractivity contribution in [3.05, 3.63) is 46.2 Å². The molecule has 2 aromatic rings. The molecule has 0 saturated carbocycles. The van der Waals surface area contributed by atoms with Crippen molar-refractivity contribution in [3.63, 3.8) is 0 Å². The zero-order chi connectivity index (χ0) is 25.3. The molecule has 4 rings (SSSR count). The highest BCUT2D eigenvalue weighted by atomic mass is 35.5. The maximum atomic E-state index is 13.7. The Kier molecular flexibility index (Phi) is 7.46. The van der Waals surface area contributed by atoms with Gasteiger partial charge in [-0.3, -0.25) is 4.79 Å². The monoisotopic (exact) mass is 500 g/mol. The lowest BCUT2D eigenvalue weighted by molar-refractivity contribution is 0.0202. The minimum absolute atomic E-state index is 0.0485. The van der Waals surface area contributed by atoms with E-state index in [1.807, 2.05) is 55.5 Å². The number of ether oxygens (including phenoxy) is 1. The number of carbonyl (C=O) groups is 2. The number of rotatable bonds is 3. The summed E-state index contributed by atoms with van der Waals surface area (Å²) < 4.78 is 7.47. The van der Waals surface area contributed by atoms with Crippen LogP contribution in [0.15, 0.2) is 24.4 Å². The molecule has 1 aromatic heterocycles. The Morgan fingerprint density at radius 2 is 1.66 bits per heavy atom. The number of carbonyl (C=O) groups excluding carboxylic acids is 2. The third-order valence-electron chi connectivity index (χ3n) is 7.11. The van der Waals surface area contributed by atoms with E-state index >= 15 is 0 Å². The van der Waals surface area contributed by atoms with Gasteiger partial charge in [0.1, 0.15) is 5.60 Å². The maximum absolute atomic E-state index is 13.7. The highest BCUT2D eigenvalue weighted by Crippen LogP contribution is 2.35. The molecule has 2 aliphatic rings. The average molecular weight is 501 g/mol. The molecule has 35 heavy (non-hydrogen) atoms. The van der Waals surface area contributed by atoms with Crippen LogP contribution >= 0.6 is 11.6 Å². The molecular weight excluding hydrogens is 464 g/mol. The van der Waals surface area contributed by atoms with E-state index in [1.165, 1.54) is 0 Å². The number of aromatic nitrogens is 2. The summed E-state index contributed by atoms with van der Waals surface area (Å²) in [6, 6.07) is 5.77.